The Morgan fingerprint density at radius 1 is 0.952 bits per heavy atom. The molecule has 2 rings (SSSR count). The minimum Gasteiger partial charge on any atom is -0.423 e. The number of halogens is 2. The van der Waals surface area contributed by atoms with E-state index in [1.807, 2.05) is 12.1 Å². The highest BCUT2D eigenvalue weighted by Gasteiger charge is 2.14. The van der Waals surface area contributed by atoms with Gasteiger partial charge in [-0.15, -0.1) is 0 Å². The van der Waals surface area contributed by atoms with E-state index in [0.717, 1.165) is 0 Å². The molecule has 0 N–H and O–H groups in total. The van der Waals surface area contributed by atoms with Gasteiger partial charge in [0.1, 0.15) is 5.75 Å². The lowest BCUT2D eigenvalue weighted by Crippen LogP contribution is -2.11. The molecule has 0 heterocycles. The van der Waals surface area contributed by atoms with E-state index in [9.17, 15) is 4.79 Å². The average Bonchev–Trinajstić information content (AvgIpc) is 2.41. The van der Waals surface area contributed by atoms with Gasteiger partial charge >= 0.3 is 5.97 Å². The Bertz CT molecular complexity index is 655. The van der Waals surface area contributed by atoms with Crippen molar-refractivity contribution >= 4 is 29.2 Å². The van der Waals surface area contributed by atoms with E-state index in [0.29, 0.717) is 21.4 Å². The van der Waals surface area contributed by atoms with Gasteiger partial charge in [-0.2, -0.15) is 0 Å². The van der Waals surface area contributed by atoms with E-state index < -0.39 is 5.97 Å². The van der Waals surface area contributed by atoms with Crippen LogP contribution in [0.4, 0.5) is 0 Å². The molecule has 110 valence electrons. The number of esters is 1. The first-order valence-corrected chi connectivity index (χ1v) is 7.31. The zero-order valence-electron chi connectivity index (χ0n) is 12.1. The first-order valence-electron chi connectivity index (χ1n) is 6.55. The molecular weight excluding hydrogens is 307 g/mol. The van der Waals surface area contributed by atoms with Crippen LogP contribution in [0.3, 0.4) is 0 Å². The number of hydrogen-bond donors (Lipinski definition) is 0. The summed E-state index contributed by atoms with van der Waals surface area (Å²) in [6.45, 7) is 6.39. The quantitative estimate of drug-likeness (QED) is 0.538. The van der Waals surface area contributed by atoms with Crippen molar-refractivity contribution < 1.29 is 9.53 Å². The molecule has 2 aromatic carbocycles. The third-order valence-electron chi connectivity index (χ3n) is 3.09. The Morgan fingerprint density at radius 3 is 2.10 bits per heavy atom. The molecule has 0 aliphatic heterocycles. The fourth-order valence-corrected chi connectivity index (χ4v) is 2.11. The van der Waals surface area contributed by atoms with Gasteiger partial charge in [0.15, 0.2) is 0 Å². The zero-order chi connectivity index (χ0) is 15.6. The van der Waals surface area contributed by atoms with Gasteiger partial charge in [0, 0.05) is 0 Å². The predicted molar refractivity (Wildman–Crippen MR) is 86.6 cm³/mol. The molecule has 2 nitrogen and oxygen atoms in total. The normalized spacial score (nSPS) is 11.3. The molecule has 0 aromatic heterocycles. The van der Waals surface area contributed by atoms with Crippen LogP contribution in [0.25, 0.3) is 0 Å². The van der Waals surface area contributed by atoms with Crippen molar-refractivity contribution in [2.24, 2.45) is 0 Å². The lowest BCUT2D eigenvalue weighted by molar-refractivity contribution is 0.0735. The smallest absolute Gasteiger partial charge is 0.343 e. The van der Waals surface area contributed by atoms with E-state index in [1.54, 1.807) is 24.3 Å². The molecule has 0 amide bonds. The van der Waals surface area contributed by atoms with Crippen molar-refractivity contribution in [1.82, 2.24) is 0 Å². The van der Waals surface area contributed by atoms with Crippen molar-refractivity contribution in [2.45, 2.75) is 26.2 Å². The van der Waals surface area contributed by atoms with Crippen LogP contribution < -0.4 is 4.74 Å². The van der Waals surface area contributed by atoms with Crippen LogP contribution >= 0.6 is 23.2 Å². The third-order valence-corrected chi connectivity index (χ3v) is 3.83. The maximum absolute atomic E-state index is 12.0. The molecule has 0 saturated carbocycles. The molecule has 0 bridgehead atoms. The number of carbonyl (C=O) groups excluding carboxylic acids is 1. The molecule has 4 heteroatoms. The summed E-state index contributed by atoms with van der Waals surface area (Å²) in [7, 11) is 0. The lowest BCUT2D eigenvalue weighted by Gasteiger charge is -2.19. The first-order chi connectivity index (χ1) is 9.77. The van der Waals surface area contributed by atoms with Gasteiger partial charge in [-0.3, -0.25) is 0 Å². The van der Waals surface area contributed by atoms with E-state index >= 15 is 0 Å². The van der Waals surface area contributed by atoms with E-state index in [2.05, 4.69) is 20.8 Å². The Labute approximate surface area is 134 Å². The highest BCUT2D eigenvalue weighted by molar-refractivity contribution is 6.42. The minimum atomic E-state index is -0.461. The second-order valence-corrected chi connectivity index (χ2v) is 6.61. The number of carbonyl (C=O) groups is 1. The van der Waals surface area contributed by atoms with Crippen LogP contribution in [0.1, 0.15) is 36.7 Å². The largest absolute Gasteiger partial charge is 0.423 e. The van der Waals surface area contributed by atoms with Gasteiger partial charge in [-0.05, 0) is 41.3 Å². The molecule has 0 aliphatic rings. The third kappa shape index (κ3) is 3.99. The van der Waals surface area contributed by atoms with Crippen molar-refractivity contribution in [3.63, 3.8) is 0 Å². The standard InChI is InChI=1S/C17H16Cl2O2/c1-17(2,3)12-5-7-13(8-6-12)21-16(20)11-4-9-14(18)15(19)10-11/h4-10H,1-3H3. The van der Waals surface area contributed by atoms with E-state index in [-0.39, 0.29) is 5.41 Å². The minimum absolute atomic E-state index is 0.0617. The average molecular weight is 323 g/mol. The molecule has 21 heavy (non-hydrogen) atoms. The second-order valence-electron chi connectivity index (χ2n) is 5.79. The van der Waals surface area contributed by atoms with Gasteiger partial charge in [-0.1, -0.05) is 56.1 Å². The number of ether oxygens (including phenoxy) is 1. The summed E-state index contributed by atoms with van der Waals surface area (Å²) in [6.07, 6.45) is 0. The van der Waals surface area contributed by atoms with Gasteiger partial charge in [0.25, 0.3) is 0 Å². The predicted octanol–water partition coefficient (Wildman–Crippen LogP) is 5.51. The summed E-state index contributed by atoms with van der Waals surface area (Å²) in [5.74, 6) is 0.0381. The number of rotatable bonds is 2. The highest BCUT2D eigenvalue weighted by Crippen LogP contribution is 2.26. The first kappa shape index (κ1) is 15.9. The van der Waals surface area contributed by atoms with Gasteiger partial charge < -0.3 is 4.74 Å². The van der Waals surface area contributed by atoms with Crippen LogP contribution in [0.5, 0.6) is 5.75 Å². The maximum Gasteiger partial charge on any atom is 0.343 e. The summed E-state index contributed by atoms with van der Waals surface area (Å²) < 4.78 is 5.32. The van der Waals surface area contributed by atoms with Crippen molar-refractivity contribution in [2.75, 3.05) is 0 Å². The summed E-state index contributed by atoms with van der Waals surface area (Å²) in [6, 6.07) is 12.1. The van der Waals surface area contributed by atoms with Crippen LogP contribution in [-0.2, 0) is 5.41 Å². The molecule has 2 aromatic rings. The summed E-state index contributed by atoms with van der Waals surface area (Å²) in [4.78, 5) is 12.0. The molecule has 0 unspecified atom stereocenters. The van der Waals surface area contributed by atoms with Gasteiger partial charge in [-0.25, -0.2) is 4.79 Å². The molecule has 0 radical (unpaired) electrons. The fourth-order valence-electron chi connectivity index (χ4n) is 1.81. The Kier molecular flexibility index (Phi) is 4.60. The molecular formula is C17H16Cl2O2. The zero-order valence-corrected chi connectivity index (χ0v) is 13.6. The second kappa shape index (κ2) is 6.08. The van der Waals surface area contributed by atoms with Crippen molar-refractivity contribution in [1.29, 1.82) is 0 Å². The van der Waals surface area contributed by atoms with Gasteiger partial charge in [0.2, 0.25) is 0 Å². The fraction of sp³-hybridized carbons (Fsp3) is 0.235. The van der Waals surface area contributed by atoms with Gasteiger partial charge in [0.05, 0.1) is 15.6 Å². The summed E-state index contributed by atoms with van der Waals surface area (Å²) in [5, 5.41) is 0.733. The van der Waals surface area contributed by atoms with E-state index in [1.165, 1.54) is 11.6 Å². The summed E-state index contributed by atoms with van der Waals surface area (Å²) in [5.41, 5.74) is 1.60. The summed E-state index contributed by atoms with van der Waals surface area (Å²) >= 11 is 11.7. The monoisotopic (exact) mass is 322 g/mol. The molecule has 0 saturated heterocycles. The number of hydrogen-bond acceptors (Lipinski definition) is 2. The van der Waals surface area contributed by atoms with E-state index in [4.69, 9.17) is 27.9 Å². The van der Waals surface area contributed by atoms with Crippen LogP contribution in [0, 0.1) is 0 Å². The van der Waals surface area contributed by atoms with Crippen molar-refractivity contribution in [3.8, 4) is 5.75 Å². The Morgan fingerprint density at radius 2 is 1.57 bits per heavy atom. The lowest BCUT2D eigenvalue weighted by atomic mass is 9.87. The maximum atomic E-state index is 12.0. The Hall–Kier alpha value is -1.51. The van der Waals surface area contributed by atoms with Crippen LogP contribution in [0.2, 0.25) is 10.0 Å². The van der Waals surface area contributed by atoms with Crippen LogP contribution in [-0.4, -0.2) is 5.97 Å². The highest BCUT2D eigenvalue weighted by atomic mass is 35.5. The molecule has 0 fully saturated rings. The molecule has 0 spiro atoms. The van der Waals surface area contributed by atoms with Crippen LogP contribution in [0.15, 0.2) is 42.5 Å². The molecule has 0 atom stereocenters. The molecule has 0 aliphatic carbocycles. The Balaban J connectivity index is 2.14. The topological polar surface area (TPSA) is 26.3 Å². The SMILES string of the molecule is CC(C)(C)c1ccc(OC(=O)c2ccc(Cl)c(Cl)c2)cc1. The van der Waals surface area contributed by atoms with Crippen molar-refractivity contribution in [3.05, 3.63) is 63.6 Å². The number of benzene rings is 2.